The van der Waals surface area contributed by atoms with Crippen molar-refractivity contribution in [2.24, 2.45) is 0 Å². The van der Waals surface area contributed by atoms with Gasteiger partial charge in [-0.3, -0.25) is 4.79 Å². The molecule has 0 radical (unpaired) electrons. The van der Waals surface area contributed by atoms with E-state index < -0.39 is 5.60 Å². The maximum absolute atomic E-state index is 12.2. The van der Waals surface area contributed by atoms with Gasteiger partial charge in [0.25, 0.3) is 5.91 Å². The van der Waals surface area contributed by atoms with Crippen LogP contribution in [0.15, 0.2) is 36.4 Å². The van der Waals surface area contributed by atoms with Crippen LogP contribution in [0.4, 0.5) is 0 Å². The Kier molecular flexibility index (Phi) is 5.39. The van der Waals surface area contributed by atoms with E-state index in [1.165, 1.54) is 0 Å². The van der Waals surface area contributed by atoms with Crippen molar-refractivity contribution in [3.05, 3.63) is 57.8 Å². The average Bonchev–Trinajstić information content (AvgIpc) is 3.00. The van der Waals surface area contributed by atoms with Crippen molar-refractivity contribution in [3.8, 4) is 11.8 Å². The van der Waals surface area contributed by atoms with E-state index in [0.717, 1.165) is 18.4 Å². The van der Waals surface area contributed by atoms with Crippen LogP contribution in [0.1, 0.15) is 41.7 Å². The van der Waals surface area contributed by atoms with Crippen molar-refractivity contribution in [1.29, 1.82) is 0 Å². The van der Waals surface area contributed by atoms with Gasteiger partial charge in [-0.15, -0.1) is 0 Å². The lowest BCUT2D eigenvalue weighted by Crippen LogP contribution is -2.45. The van der Waals surface area contributed by atoms with E-state index >= 15 is 0 Å². The number of benzene rings is 1. The van der Waals surface area contributed by atoms with Gasteiger partial charge in [-0.1, -0.05) is 41.1 Å². The summed E-state index contributed by atoms with van der Waals surface area (Å²) in [4.78, 5) is 15.0. The fourth-order valence-electron chi connectivity index (χ4n) is 3.01. The molecule has 2 aromatic rings. The fourth-order valence-corrected chi connectivity index (χ4v) is 3.36. The van der Waals surface area contributed by atoms with Gasteiger partial charge in [-0.05, 0) is 49.6 Å². The summed E-state index contributed by atoms with van der Waals surface area (Å²) in [6.07, 6.45) is 2.57. The number of hydrogen-bond donors (Lipinski definition) is 3. The average molecular weight is 377 g/mol. The summed E-state index contributed by atoms with van der Waals surface area (Å²) in [7, 11) is 0. The maximum atomic E-state index is 12.2. The normalized spacial score (nSPS) is 22.8. The van der Waals surface area contributed by atoms with Crippen LogP contribution in [0.25, 0.3) is 0 Å². The molecule has 1 aliphatic carbocycles. The minimum Gasteiger partial charge on any atom is -0.378 e. The predicted octanol–water partition coefficient (Wildman–Crippen LogP) is 3.78. The van der Waals surface area contributed by atoms with Crippen molar-refractivity contribution in [2.45, 2.75) is 37.3 Å². The summed E-state index contributed by atoms with van der Waals surface area (Å²) in [5, 5.41) is 14.7. The lowest BCUT2D eigenvalue weighted by molar-refractivity contribution is 0.0451. The van der Waals surface area contributed by atoms with E-state index in [4.69, 9.17) is 23.2 Å². The second-order valence-corrected chi connectivity index (χ2v) is 7.12. The first kappa shape index (κ1) is 17.9. The predicted molar refractivity (Wildman–Crippen MR) is 98.8 cm³/mol. The van der Waals surface area contributed by atoms with Gasteiger partial charge in [0.2, 0.25) is 0 Å². The molecule has 1 saturated carbocycles. The maximum Gasteiger partial charge on any atom is 0.267 e. The van der Waals surface area contributed by atoms with Gasteiger partial charge < -0.3 is 15.4 Å². The number of nitrogens with one attached hydrogen (secondary N) is 2. The molecule has 2 atom stereocenters. The van der Waals surface area contributed by atoms with Gasteiger partial charge in [0.05, 0.1) is 0 Å². The van der Waals surface area contributed by atoms with Crippen molar-refractivity contribution < 1.29 is 9.90 Å². The highest BCUT2D eigenvalue weighted by molar-refractivity contribution is 6.30. The van der Waals surface area contributed by atoms with Gasteiger partial charge in [-0.2, -0.15) is 0 Å². The minimum absolute atomic E-state index is 0.137. The third kappa shape index (κ3) is 4.79. The molecule has 1 fully saturated rings. The van der Waals surface area contributed by atoms with Gasteiger partial charge in [-0.25, -0.2) is 0 Å². The number of aromatic amines is 1. The molecule has 6 heteroatoms. The van der Waals surface area contributed by atoms with Crippen LogP contribution in [0.2, 0.25) is 10.2 Å². The van der Waals surface area contributed by atoms with Crippen LogP contribution >= 0.6 is 23.2 Å². The Morgan fingerprint density at radius 3 is 2.88 bits per heavy atom. The Morgan fingerprint density at radius 2 is 2.16 bits per heavy atom. The van der Waals surface area contributed by atoms with Crippen LogP contribution < -0.4 is 5.32 Å². The topological polar surface area (TPSA) is 65.1 Å². The van der Waals surface area contributed by atoms with E-state index in [1.54, 1.807) is 24.3 Å². The van der Waals surface area contributed by atoms with E-state index in [2.05, 4.69) is 22.1 Å². The molecular weight excluding hydrogens is 359 g/mol. The smallest absolute Gasteiger partial charge is 0.267 e. The number of halogens is 2. The molecule has 1 aromatic heterocycles. The van der Waals surface area contributed by atoms with Gasteiger partial charge >= 0.3 is 0 Å². The van der Waals surface area contributed by atoms with Crippen LogP contribution in [0.5, 0.6) is 0 Å². The second-order valence-electron chi connectivity index (χ2n) is 6.28. The number of aromatic nitrogens is 1. The lowest BCUT2D eigenvalue weighted by atomic mass is 9.82. The zero-order valence-electron chi connectivity index (χ0n) is 13.5. The Morgan fingerprint density at radius 1 is 1.32 bits per heavy atom. The second kappa shape index (κ2) is 7.53. The Balaban J connectivity index is 1.67. The molecule has 1 amide bonds. The highest BCUT2D eigenvalue weighted by Crippen LogP contribution is 2.28. The molecule has 1 aromatic carbocycles. The number of hydrogen-bond acceptors (Lipinski definition) is 2. The van der Waals surface area contributed by atoms with Gasteiger partial charge in [0, 0.05) is 23.0 Å². The summed E-state index contributed by atoms with van der Waals surface area (Å²) >= 11 is 11.8. The first-order valence-electron chi connectivity index (χ1n) is 8.10. The number of H-pyrrole nitrogens is 1. The van der Waals surface area contributed by atoms with Crippen LogP contribution in [-0.2, 0) is 0 Å². The van der Waals surface area contributed by atoms with Crippen LogP contribution in [0.3, 0.4) is 0 Å². The molecule has 1 aliphatic rings. The van der Waals surface area contributed by atoms with E-state index in [9.17, 15) is 9.90 Å². The monoisotopic (exact) mass is 376 g/mol. The first-order chi connectivity index (χ1) is 11.9. The molecule has 4 nitrogen and oxygen atoms in total. The number of carbonyl (C=O) groups excluding carboxylic acids is 1. The molecule has 0 bridgehead atoms. The molecule has 0 spiro atoms. The summed E-state index contributed by atoms with van der Waals surface area (Å²) in [5.41, 5.74) is 0.0450. The molecular formula is C19H18Cl2N2O2. The molecule has 1 heterocycles. The van der Waals surface area contributed by atoms with Crippen LogP contribution in [-0.4, -0.2) is 27.6 Å². The van der Waals surface area contributed by atoms with E-state index in [1.807, 2.05) is 12.1 Å². The summed E-state index contributed by atoms with van der Waals surface area (Å²) in [6.45, 7) is 0. The summed E-state index contributed by atoms with van der Waals surface area (Å²) in [5.74, 6) is 5.71. The Hall–Kier alpha value is -1.93. The zero-order chi connectivity index (χ0) is 17.9. The van der Waals surface area contributed by atoms with Crippen molar-refractivity contribution in [1.82, 2.24) is 10.3 Å². The number of rotatable bonds is 2. The zero-order valence-corrected chi connectivity index (χ0v) is 15.0. The van der Waals surface area contributed by atoms with Gasteiger partial charge in [0.15, 0.2) is 0 Å². The number of aliphatic hydroxyl groups is 1. The molecule has 0 saturated heterocycles. The highest BCUT2D eigenvalue weighted by atomic mass is 35.5. The molecule has 3 rings (SSSR count). The SMILES string of the molecule is O=C(N[C@H]1CCCC(O)(C#Cc2cccc(Cl)c2)C1)c1ccc(Cl)[nH]1. The molecule has 1 unspecified atom stereocenters. The quantitative estimate of drug-likeness (QED) is 0.698. The third-order valence-corrected chi connectivity index (χ3v) is 4.68. The Bertz CT molecular complexity index is 837. The number of carbonyl (C=O) groups is 1. The molecule has 3 N–H and O–H groups in total. The van der Waals surface area contributed by atoms with E-state index in [-0.39, 0.29) is 11.9 Å². The minimum atomic E-state index is -1.12. The van der Waals surface area contributed by atoms with E-state index in [0.29, 0.717) is 28.7 Å². The molecule has 0 aliphatic heterocycles. The summed E-state index contributed by atoms with van der Waals surface area (Å²) in [6, 6.07) is 10.3. The number of amides is 1. The van der Waals surface area contributed by atoms with Crippen molar-refractivity contribution in [2.75, 3.05) is 0 Å². The van der Waals surface area contributed by atoms with Gasteiger partial charge in [0.1, 0.15) is 16.4 Å². The molecule has 25 heavy (non-hydrogen) atoms. The lowest BCUT2D eigenvalue weighted by Gasteiger charge is -2.33. The fraction of sp³-hybridized carbons (Fsp3) is 0.316. The van der Waals surface area contributed by atoms with Crippen LogP contribution in [0, 0.1) is 11.8 Å². The highest BCUT2D eigenvalue weighted by Gasteiger charge is 2.33. The Labute approximate surface area is 156 Å². The summed E-state index contributed by atoms with van der Waals surface area (Å²) < 4.78 is 0. The largest absolute Gasteiger partial charge is 0.378 e. The van der Waals surface area contributed by atoms with Crippen molar-refractivity contribution >= 4 is 29.1 Å². The standard InChI is InChI=1S/C19H18Cl2N2O2/c20-14-4-1-3-13(11-14)8-10-19(25)9-2-5-15(12-19)22-18(24)16-6-7-17(21)23-16/h1,3-4,6-7,11,15,23,25H,2,5,9,12H2,(H,22,24)/t15-,19?/m0/s1. The molecule has 130 valence electrons. The van der Waals surface area contributed by atoms with Crippen molar-refractivity contribution in [3.63, 3.8) is 0 Å². The third-order valence-electron chi connectivity index (χ3n) is 4.22. The first-order valence-corrected chi connectivity index (χ1v) is 8.86.